The van der Waals surface area contributed by atoms with Crippen molar-refractivity contribution in [1.82, 2.24) is 19.9 Å². The molecule has 0 saturated heterocycles. The molecule has 1 saturated carbocycles. The summed E-state index contributed by atoms with van der Waals surface area (Å²) in [5.74, 6) is 0.394. The minimum atomic E-state index is -0.448. The van der Waals surface area contributed by atoms with Gasteiger partial charge in [0.25, 0.3) is 0 Å². The lowest BCUT2D eigenvalue weighted by Gasteiger charge is -2.05. The molecule has 1 fully saturated rings. The van der Waals surface area contributed by atoms with Gasteiger partial charge < -0.3 is 5.32 Å². The average Bonchev–Trinajstić information content (AvgIpc) is 3.21. The molecular formula is C14H13ClFN5O. The highest BCUT2D eigenvalue weighted by molar-refractivity contribution is 6.29. The number of amides is 1. The van der Waals surface area contributed by atoms with Crippen molar-refractivity contribution in [3.63, 3.8) is 0 Å². The second kappa shape index (κ2) is 5.57. The maximum Gasteiger partial charge on any atom is 0.229 e. The second-order valence-corrected chi connectivity index (χ2v) is 5.61. The molecule has 114 valence electrons. The molecule has 1 aliphatic carbocycles. The highest BCUT2D eigenvalue weighted by atomic mass is 35.5. The minimum absolute atomic E-state index is 0.0855. The third-order valence-electron chi connectivity index (χ3n) is 3.45. The molecule has 2 aromatic heterocycles. The number of aryl methyl sites for hydroxylation is 2. The number of carbonyl (C=O) groups excluding carboxylic acids is 1. The summed E-state index contributed by atoms with van der Waals surface area (Å²) in [5.41, 5.74) is 0.286. The number of nitrogens with one attached hydrogen (secondary N) is 1. The van der Waals surface area contributed by atoms with Gasteiger partial charge in [0.05, 0.1) is 11.9 Å². The van der Waals surface area contributed by atoms with E-state index in [0.29, 0.717) is 23.9 Å². The van der Waals surface area contributed by atoms with Gasteiger partial charge in [0, 0.05) is 17.9 Å². The van der Waals surface area contributed by atoms with Crippen LogP contribution in [0.3, 0.4) is 0 Å². The largest absolute Gasteiger partial charge is 0.310 e. The smallest absolute Gasteiger partial charge is 0.229 e. The molecule has 0 aliphatic heterocycles. The van der Waals surface area contributed by atoms with Crippen molar-refractivity contribution >= 4 is 23.3 Å². The Hall–Kier alpha value is -2.15. The summed E-state index contributed by atoms with van der Waals surface area (Å²) in [6.07, 6.45) is 1.77. The normalized spacial score (nSPS) is 19.8. The fourth-order valence-electron chi connectivity index (χ4n) is 2.23. The van der Waals surface area contributed by atoms with Gasteiger partial charge >= 0.3 is 0 Å². The molecule has 2 atom stereocenters. The summed E-state index contributed by atoms with van der Waals surface area (Å²) >= 11 is 5.83. The molecule has 0 spiro atoms. The van der Waals surface area contributed by atoms with Gasteiger partial charge in [0.15, 0.2) is 5.82 Å². The van der Waals surface area contributed by atoms with Gasteiger partial charge in [-0.3, -0.25) is 4.79 Å². The monoisotopic (exact) mass is 321 g/mol. The number of anilines is 1. The van der Waals surface area contributed by atoms with E-state index in [2.05, 4.69) is 25.3 Å². The molecular weight excluding hydrogens is 309 g/mol. The van der Waals surface area contributed by atoms with Crippen molar-refractivity contribution in [2.45, 2.75) is 26.2 Å². The molecule has 3 rings (SSSR count). The zero-order valence-corrected chi connectivity index (χ0v) is 12.7. The summed E-state index contributed by atoms with van der Waals surface area (Å²) in [7, 11) is 0. The standard InChI is InChI=1S/C14H13ClFN5O/c1-6-10(16)5-17-13(18-6)8-3-9(8)14(22)21-12-4-11(15)19-7(2)20-12/h4-5,8-9H,3H2,1-2H3,(H,19,20,21,22)/t8-,9-/m0/s1. The summed E-state index contributed by atoms with van der Waals surface area (Å²) in [6.45, 7) is 3.26. The van der Waals surface area contributed by atoms with E-state index in [0.717, 1.165) is 6.20 Å². The summed E-state index contributed by atoms with van der Waals surface area (Å²) in [6, 6.07) is 1.49. The molecule has 8 heteroatoms. The molecule has 1 N–H and O–H groups in total. The lowest BCUT2D eigenvalue weighted by Crippen LogP contribution is -2.16. The maximum atomic E-state index is 13.2. The van der Waals surface area contributed by atoms with Crippen molar-refractivity contribution in [2.75, 3.05) is 5.32 Å². The molecule has 6 nitrogen and oxygen atoms in total. The molecule has 2 heterocycles. The van der Waals surface area contributed by atoms with Crippen LogP contribution in [-0.2, 0) is 4.79 Å². The van der Waals surface area contributed by atoms with Crippen LogP contribution in [0.2, 0.25) is 5.15 Å². The Morgan fingerprint density at radius 3 is 2.82 bits per heavy atom. The molecule has 2 aromatic rings. The highest BCUT2D eigenvalue weighted by Crippen LogP contribution is 2.46. The second-order valence-electron chi connectivity index (χ2n) is 5.22. The van der Waals surface area contributed by atoms with Crippen LogP contribution in [0.1, 0.15) is 29.7 Å². The van der Waals surface area contributed by atoms with Crippen molar-refractivity contribution in [1.29, 1.82) is 0 Å². The van der Waals surface area contributed by atoms with E-state index >= 15 is 0 Å². The molecule has 22 heavy (non-hydrogen) atoms. The summed E-state index contributed by atoms with van der Waals surface area (Å²) < 4.78 is 13.2. The van der Waals surface area contributed by atoms with Crippen LogP contribution in [0, 0.1) is 25.6 Å². The van der Waals surface area contributed by atoms with E-state index in [4.69, 9.17) is 11.6 Å². The van der Waals surface area contributed by atoms with Gasteiger partial charge in [0.2, 0.25) is 5.91 Å². The van der Waals surface area contributed by atoms with Crippen LogP contribution in [0.25, 0.3) is 0 Å². The Balaban J connectivity index is 1.68. The molecule has 0 unspecified atom stereocenters. The number of nitrogens with zero attached hydrogens (tertiary/aromatic N) is 4. The Kier molecular flexibility index (Phi) is 3.74. The van der Waals surface area contributed by atoms with Gasteiger partial charge in [-0.2, -0.15) is 0 Å². The van der Waals surface area contributed by atoms with Crippen LogP contribution in [-0.4, -0.2) is 25.8 Å². The number of hydrogen-bond acceptors (Lipinski definition) is 5. The van der Waals surface area contributed by atoms with Crippen LogP contribution in [0.5, 0.6) is 0 Å². The maximum absolute atomic E-state index is 13.2. The zero-order chi connectivity index (χ0) is 15.9. The van der Waals surface area contributed by atoms with Gasteiger partial charge in [-0.15, -0.1) is 0 Å². The number of carbonyl (C=O) groups is 1. The van der Waals surface area contributed by atoms with Crippen LogP contribution < -0.4 is 5.32 Å². The first kappa shape index (κ1) is 14.8. The molecule has 0 aromatic carbocycles. The molecule has 1 aliphatic rings. The van der Waals surface area contributed by atoms with E-state index in [9.17, 15) is 9.18 Å². The van der Waals surface area contributed by atoms with Crippen molar-refractivity contribution < 1.29 is 9.18 Å². The lowest BCUT2D eigenvalue weighted by molar-refractivity contribution is -0.117. The van der Waals surface area contributed by atoms with Gasteiger partial charge in [-0.05, 0) is 20.3 Å². The first-order valence-corrected chi connectivity index (χ1v) is 7.13. The fourth-order valence-corrected chi connectivity index (χ4v) is 2.46. The quantitative estimate of drug-likeness (QED) is 0.878. The zero-order valence-electron chi connectivity index (χ0n) is 12.0. The van der Waals surface area contributed by atoms with Crippen molar-refractivity contribution in [3.8, 4) is 0 Å². The van der Waals surface area contributed by atoms with E-state index in [-0.39, 0.29) is 28.6 Å². The van der Waals surface area contributed by atoms with E-state index < -0.39 is 5.82 Å². The average molecular weight is 322 g/mol. The first-order valence-electron chi connectivity index (χ1n) is 6.75. The van der Waals surface area contributed by atoms with Crippen molar-refractivity contribution in [3.05, 3.63) is 40.6 Å². The minimum Gasteiger partial charge on any atom is -0.310 e. The van der Waals surface area contributed by atoms with Crippen LogP contribution in [0.4, 0.5) is 10.2 Å². The third kappa shape index (κ3) is 3.04. The van der Waals surface area contributed by atoms with E-state index in [1.54, 1.807) is 13.8 Å². The lowest BCUT2D eigenvalue weighted by atomic mass is 10.2. The van der Waals surface area contributed by atoms with E-state index in [1.807, 2.05) is 0 Å². The number of hydrogen-bond donors (Lipinski definition) is 1. The summed E-state index contributed by atoms with van der Waals surface area (Å²) in [4.78, 5) is 28.3. The predicted molar refractivity (Wildman–Crippen MR) is 78.0 cm³/mol. The highest BCUT2D eigenvalue weighted by Gasteiger charge is 2.46. The van der Waals surface area contributed by atoms with Gasteiger partial charge in [-0.1, -0.05) is 11.6 Å². The van der Waals surface area contributed by atoms with Gasteiger partial charge in [-0.25, -0.2) is 24.3 Å². The van der Waals surface area contributed by atoms with Crippen LogP contribution >= 0.6 is 11.6 Å². The Morgan fingerprint density at radius 2 is 2.14 bits per heavy atom. The van der Waals surface area contributed by atoms with Crippen molar-refractivity contribution in [2.24, 2.45) is 5.92 Å². The van der Waals surface area contributed by atoms with Crippen LogP contribution in [0.15, 0.2) is 12.3 Å². The number of rotatable bonds is 3. The Labute approximate surface area is 131 Å². The Morgan fingerprint density at radius 1 is 1.36 bits per heavy atom. The third-order valence-corrected chi connectivity index (χ3v) is 3.65. The number of halogens is 2. The van der Waals surface area contributed by atoms with Gasteiger partial charge in [0.1, 0.15) is 22.6 Å². The van der Waals surface area contributed by atoms with E-state index in [1.165, 1.54) is 6.07 Å². The topological polar surface area (TPSA) is 80.7 Å². The SMILES string of the molecule is Cc1nc(Cl)cc(NC(=O)[C@H]2C[C@@H]2c2ncc(F)c(C)n2)n1. The molecule has 0 bridgehead atoms. The molecule has 1 amide bonds. The first-order chi connectivity index (χ1) is 10.4. The molecule has 0 radical (unpaired) electrons. The number of aromatic nitrogens is 4. The summed E-state index contributed by atoms with van der Waals surface area (Å²) in [5, 5.41) is 2.98. The Bertz CT molecular complexity index is 734. The fraction of sp³-hybridized carbons (Fsp3) is 0.357. The predicted octanol–water partition coefficient (Wildman–Crippen LogP) is 2.42.